The Labute approximate surface area is 92.5 Å². The van der Waals surface area contributed by atoms with Gasteiger partial charge in [0.05, 0.1) is 5.52 Å². The van der Waals surface area contributed by atoms with Crippen LogP contribution in [0.2, 0.25) is 0 Å². The summed E-state index contributed by atoms with van der Waals surface area (Å²) in [6.07, 6.45) is 0. The van der Waals surface area contributed by atoms with E-state index >= 15 is 0 Å². The third-order valence-electron chi connectivity index (χ3n) is 2.50. The minimum atomic E-state index is -0.875. The summed E-state index contributed by atoms with van der Waals surface area (Å²) in [5.74, 6) is 0. The Morgan fingerprint density at radius 2 is 1.53 bits per heavy atom. The SMILES string of the molecule is O=c1[nH]c2c(=O)oc3ccccc3c2[nH]c1=O. The maximum atomic E-state index is 11.6. The highest BCUT2D eigenvalue weighted by Crippen LogP contribution is 2.17. The molecule has 17 heavy (non-hydrogen) atoms. The Kier molecular flexibility index (Phi) is 1.79. The van der Waals surface area contributed by atoms with Gasteiger partial charge < -0.3 is 14.4 Å². The molecular formula is C11H6N2O4. The Morgan fingerprint density at radius 3 is 2.29 bits per heavy atom. The first-order valence-electron chi connectivity index (χ1n) is 4.85. The van der Waals surface area contributed by atoms with E-state index in [0.29, 0.717) is 11.0 Å². The molecule has 6 heteroatoms. The van der Waals surface area contributed by atoms with Crippen molar-refractivity contribution in [1.29, 1.82) is 0 Å². The van der Waals surface area contributed by atoms with Crippen LogP contribution in [0.5, 0.6) is 0 Å². The first-order valence-corrected chi connectivity index (χ1v) is 4.85. The molecule has 0 bridgehead atoms. The highest BCUT2D eigenvalue weighted by atomic mass is 16.4. The van der Waals surface area contributed by atoms with Gasteiger partial charge in [-0.2, -0.15) is 0 Å². The maximum absolute atomic E-state index is 11.6. The van der Waals surface area contributed by atoms with Gasteiger partial charge in [-0.05, 0) is 12.1 Å². The lowest BCUT2D eigenvalue weighted by molar-refractivity contribution is 0.567. The predicted molar refractivity (Wildman–Crippen MR) is 61.2 cm³/mol. The second-order valence-corrected chi connectivity index (χ2v) is 3.54. The van der Waals surface area contributed by atoms with E-state index in [4.69, 9.17) is 4.42 Å². The van der Waals surface area contributed by atoms with Crippen LogP contribution in [0.15, 0.2) is 43.1 Å². The topological polar surface area (TPSA) is 95.9 Å². The minimum Gasteiger partial charge on any atom is -0.421 e. The zero-order valence-corrected chi connectivity index (χ0v) is 8.44. The number of fused-ring (bicyclic) bond motifs is 3. The molecular weight excluding hydrogens is 224 g/mol. The molecule has 1 aromatic carbocycles. The number of rotatable bonds is 0. The average molecular weight is 230 g/mol. The van der Waals surface area contributed by atoms with Crippen molar-refractivity contribution >= 4 is 22.0 Å². The van der Waals surface area contributed by atoms with Crippen molar-refractivity contribution in [3.63, 3.8) is 0 Å². The molecule has 2 N–H and O–H groups in total. The number of aromatic nitrogens is 2. The monoisotopic (exact) mass is 230 g/mol. The molecule has 0 aliphatic carbocycles. The Hall–Kier alpha value is -2.63. The largest absolute Gasteiger partial charge is 0.421 e. The lowest BCUT2D eigenvalue weighted by Gasteiger charge is -2.00. The lowest BCUT2D eigenvalue weighted by atomic mass is 10.2. The van der Waals surface area contributed by atoms with E-state index in [1.54, 1.807) is 24.3 Å². The van der Waals surface area contributed by atoms with Crippen molar-refractivity contribution in [2.45, 2.75) is 0 Å². The zero-order valence-electron chi connectivity index (χ0n) is 8.44. The number of aromatic amines is 2. The third-order valence-corrected chi connectivity index (χ3v) is 2.50. The van der Waals surface area contributed by atoms with Gasteiger partial charge in [0.25, 0.3) is 0 Å². The van der Waals surface area contributed by atoms with Crippen molar-refractivity contribution in [2.24, 2.45) is 0 Å². The van der Waals surface area contributed by atoms with Crippen LogP contribution in [0.25, 0.3) is 22.0 Å². The van der Waals surface area contributed by atoms with Gasteiger partial charge in [0.2, 0.25) is 0 Å². The normalized spacial score (nSPS) is 11.1. The summed E-state index contributed by atoms with van der Waals surface area (Å²) >= 11 is 0. The highest BCUT2D eigenvalue weighted by Gasteiger charge is 2.09. The van der Waals surface area contributed by atoms with E-state index in [2.05, 4.69) is 9.97 Å². The first kappa shape index (κ1) is 9.59. The number of benzene rings is 1. The van der Waals surface area contributed by atoms with Crippen LogP contribution in [-0.4, -0.2) is 9.97 Å². The molecule has 0 fully saturated rings. The second-order valence-electron chi connectivity index (χ2n) is 3.54. The van der Waals surface area contributed by atoms with Gasteiger partial charge in [-0.15, -0.1) is 0 Å². The summed E-state index contributed by atoms with van der Waals surface area (Å²) < 4.78 is 5.02. The van der Waals surface area contributed by atoms with Crippen LogP contribution in [0.4, 0.5) is 0 Å². The van der Waals surface area contributed by atoms with Crippen molar-refractivity contribution in [1.82, 2.24) is 9.97 Å². The number of hydrogen-bond acceptors (Lipinski definition) is 4. The first-order chi connectivity index (χ1) is 8.16. The molecule has 6 nitrogen and oxygen atoms in total. The molecule has 0 unspecified atom stereocenters. The van der Waals surface area contributed by atoms with Gasteiger partial charge >= 0.3 is 16.7 Å². The molecule has 0 atom stereocenters. The Balaban J connectivity index is 2.75. The van der Waals surface area contributed by atoms with Gasteiger partial charge in [0, 0.05) is 5.39 Å². The molecule has 84 valence electrons. The fourth-order valence-electron chi connectivity index (χ4n) is 1.73. The predicted octanol–water partition coefficient (Wildman–Crippen LogP) is 0.323. The lowest BCUT2D eigenvalue weighted by Crippen LogP contribution is -2.30. The van der Waals surface area contributed by atoms with Gasteiger partial charge in [-0.25, -0.2) is 4.79 Å². The number of H-pyrrole nitrogens is 2. The van der Waals surface area contributed by atoms with Crippen LogP contribution in [0.3, 0.4) is 0 Å². The summed E-state index contributed by atoms with van der Waals surface area (Å²) in [6.45, 7) is 0. The van der Waals surface area contributed by atoms with Crippen molar-refractivity contribution in [3.05, 3.63) is 55.4 Å². The smallest absolute Gasteiger partial charge is 0.362 e. The molecule has 3 aromatic rings. The molecule has 3 rings (SSSR count). The molecule has 0 saturated carbocycles. The van der Waals surface area contributed by atoms with E-state index in [0.717, 1.165) is 0 Å². The quantitative estimate of drug-likeness (QED) is 0.330. The number of para-hydroxylation sites is 1. The maximum Gasteiger partial charge on any atom is 0.362 e. The second kappa shape index (κ2) is 3.18. The summed E-state index contributed by atoms with van der Waals surface area (Å²) in [4.78, 5) is 38.6. The van der Waals surface area contributed by atoms with E-state index in [9.17, 15) is 14.4 Å². The minimum absolute atomic E-state index is 0.0340. The molecule has 0 spiro atoms. The van der Waals surface area contributed by atoms with Gasteiger partial charge in [-0.1, -0.05) is 12.1 Å². The summed E-state index contributed by atoms with van der Waals surface area (Å²) in [5, 5.41) is 0.565. The fourth-order valence-corrected chi connectivity index (χ4v) is 1.73. The molecule has 2 heterocycles. The van der Waals surface area contributed by atoms with E-state index in [1.165, 1.54) is 0 Å². The van der Waals surface area contributed by atoms with E-state index in [-0.39, 0.29) is 11.0 Å². The van der Waals surface area contributed by atoms with Crippen LogP contribution >= 0.6 is 0 Å². The molecule has 0 radical (unpaired) electrons. The van der Waals surface area contributed by atoms with Crippen molar-refractivity contribution in [2.75, 3.05) is 0 Å². The van der Waals surface area contributed by atoms with Gasteiger partial charge in [0.15, 0.2) is 5.52 Å². The van der Waals surface area contributed by atoms with Crippen LogP contribution in [-0.2, 0) is 0 Å². The number of hydrogen-bond donors (Lipinski definition) is 2. The van der Waals surface area contributed by atoms with Crippen LogP contribution in [0, 0.1) is 0 Å². The Morgan fingerprint density at radius 1 is 0.882 bits per heavy atom. The van der Waals surface area contributed by atoms with Crippen molar-refractivity contribution in [3.8, 4) is 0 Å². The van der Waals surface area contributed by atoms with Crippen LogP contribution < -0.4 is 16.7 Å². The fraction of sp³-hybridized carbons (Fsp3) is 0. The van der Waals surface area contributed by atoms with E-state index in [1.807, 2.05) is 0 Å². The molecule has 2 aromatic heterocycles. The zero-order chi connectivity index (χ0) is 12.0. The van der Waals surface area contributed by atoms with Crippen molar-refractivity contribution < 1.29 is 4.42 Å². The Bertz CT molecular complexity index is 901. The summed E-state index contributed by atoms with van der Waals surface area (Å²) in [6, 6.07) is 6.75. The molecule has 0 aliphatic rings. The van der Waals surface area contributed by atoms with Gasteiger partial charge in [-0.3, -0.25) is 9.59 Å². The standard InChI is InChI=1S/C11H6N2O4/c14-9-10(15)13-8-7(12-9)5-3-1-2-4-6(5)17-11(8)16/h1-4H,(H,12,14)(H,13,15). The highest BCUT2D eigenvalue weighted by molar-refractivity contribution is 5.99. The molecule has 0 amide bonds. The molecule has 0 saturated heterocycles. The van der Waals surface area contributed by atoms with Crippen LogP contribution in [0.1, 0.15) is 0 Å². The number of nitrogens with one attached hydrogen (secondary N) is 2. The summed E-state index contributed by atoms with van der Waals surface area (Å²) in [5.41, 5.74) is -1.76. The average Bonchev–Trinajstić information content (AvgIpc) is 2.32. The summed E-state index contributed by atoms with van der Waals surface area (Å²) in [7, 11) is 0. The van der Waals surface area contributed by atoms with E-state index < -0.39 is 16.7 Å². The third kappa shape index (κ3) is 1.31. The molecule has 0 aliphatic heterocycles. The van der Waals surface area contributed by atoms with Gasteiger partial charge in [0.1, 0.15) is 5.58 Å².